The van der Waals surface area contributed by atoms with E-state index in [1.165, 1.54) is 0 Å². The monoisotopic (exact) mass is 363 g/mol. The Morgan fingerprint density at radius 2 is 1.78 bits per heavy atom. The van der Waals surface area contributed by atoms with Crippen molar-refractivity contribution in [3.05, 3.63) is 66.0 Å². The number of methoxy groups -OCH3 is 2. The van der Waals surface area contributed by atoms with Gasteiger partial charge in [0.25, 0.3) is 0 Å². The Balaban J connectivity index is 1.65. The maximum Gasteiger partial charge on any atom is 0.385 e. The van der Waals surface area contributed by atoms with E-state index in [-0.39, 0.29) is 6.61 Å². The summed E-state index contributed by atoms with van der Waals surface area (Å²) in [5.74, 6) is 5.81. The van der Waals surface area contributed by atoms with E-state index in [1.807, 2.05) is 30.3 Å². The van der Waals surface area contributed by atoms with Crippen molar-refractivity contribution in [2.45, 2.75) is 6.61 Å². The van der Waals surface area contributed by atoms with E-state index >= 15 is 0 Å². The summed E-state index contributed by atoms with van der Waals surface area (Å²) in [4.78, 5) is 11.7. The van der Waals surface area contributed by atoms with Gasteiger partial charge < -0.3 is 14.2 Å². The molecular formula is C20H17N3O4. The van der Waals surface area contributed by atoms with Gasteiger partial charge in [0.05, 0.1) is 26.1 Å². The zero-order valence-electron chi connectivity index (χ0n) is 14.9. The summed E-state index contributed by atoms with van der Waals surface area (Å²) in [5.41, 5.74) is 1.94. The molecule has 0 aliphatic carbocycles. The van der Waals surface area contributed by atoms with Crippen LogP contribution in [0, 0.1) is 11.8 Å². The number of hydrogen-bond donors (Lipinski definition) is 0. The molecule has 0 spiro atoms. The number of hydrogen-bond acceptors (Lipinski definition) is 6. The summed E-state index contributed by atoms with van der Waals surface area (Å²) < 4.78 is 17.1. The van der Waals surface area contributed by atoms with Crippen molar-refractivity contribution >= 4 is 5.97 Å². The molecule has 1 heterocycles. The maximum atomic E-state index is 11.7. The summed E-state index contributed by atoms with van der Waals surface area (Å²) in [6.45, 7) is -0.0244. The Kier molecular flexibility index (Phi) is 5.70. The molecule has 0 saturated carbocycles. The van der Waals surface area contributed by atoms with Crippen molar-refractivity contribution < 1.29 is 19.0 Å². The quantitative estimate of drug-likeness (QED) is 0.512. The molecule has 2 aromatic carbocycles. The van der Waals surface area contributed by atoms with Gasteiger partial charge in [-0.05, 0) is 12.1 Å². The number of rotatable bonds is 5. The van der Waals surface area contributed by atoms with E-state index in [1.54, 1.807) is 43.3 Å². The van der Waals surface area contributed by atoms with Gasteiger partial charge in [0.15, 0.2) is 0 Å². The lowest BCUT2D eigenvalue weighted by Crippen LogP contribution is -2.01. The molecule has 7 nitrogen and oxygen atoms in total. The van der Waals surface area contributed by atoms with Crippen LogP contribution < -0.4 is 9.47 Å². The van der Waals surface area contributed by atoms with Crippen LogP contribution in [0.15, 0.2) is 54.7 Å². The average molecular weight is 363 g/mol. The van der Waals surface area contributed by atoms with Crippen molar-refractivity contribution in [2.75, 3.05) is 14.2 Å². The predicted octanol–water partition coefficient (Wildman–Crippen LogP) is 2.38. The van der Waals surface area contributed by atoms with Crippen molar-refractivity contribution in [1.29, 1.82) is 0 Å². The van der Waals surface area contributed by atoms with Gasteiger partial charge in [-0.1, -0.05) is 29.3 Å². The molecule has 1 aromatic heterocycles. The Labute approximate surface area is 156 Å². The summed E-state index contributed by atoms with van der Waals surface area (Å²) in [7, 11) is 3.14. The highest BCUT2D eigenvalue weighted by molar-refractivity contribution is 5.89. The van der Waals surface area contributed by atoms with Crippen LogP contribution in [0.2, 0.25) is 0 Å². The molecule has 0 aliphatic rings. The van der Waals surface area contributed by atoms with Gasteiger partial charge in [-0.15, -0.1) is 5.10 Å². The summed E-state index contributed by atoms with van der Waals surface area (Å²) in [6, 6.07) is 14.5. The molecule has 0 N–H and O–H groups in total. The Morgan fingerprint density at radius 1 is 1.07 bits per heavy atom. The molecule has 136 valence electrons. The smallest absolute Gasteiger partial charge is 0.385 e. The first-order valence-corrected chi connectivity index (χ1v) is 8.06. The second kappa shape index (κ2) is 8.54. The number of carbonyl (C=O) groups is 1. The summed E-state index contributed by atoms with van der Waals surface area (Å²) >= 11 is 0. The highest BCUT2D eigenvalue weighted by Crippen LogP contribution is 2.24. The summed E-state index contributed by atoms with van der Waals surface area (Å²) in [6.07, 6.45) is 1.66. The van der Waals surface area contributed by atoms with Gasteiger partial charge in [-0.25, -0.2) is 9.48 Å². The lowest BCUT2D eigenvalue weighted by Gasteiger charge is -2.07. The zero-order chi connectivity index (χ0) is 19.1. The van der Waals surface area contributed by atoms with Gasteiger partial charge in [0.2, 0.25) is 0 Å². The topological polar surface area (TPSA) is 75.5 Å². The van der Waals surface area contributed by atoms with Crippen molar-refractivity contribution in [3.63, 3.8) is 0 Å². The zero-order valence-corrected chi connectivity index (χ0v) is 14.9. The van der Waals surface area contributed by atoms with Gasteiger partial charge in [0.1, 0.15) is 23.8 Å². The Bertz CT molecular complexity index is 965. The third kappa shape index (κ3) is 4.86. The van der Waals surface area contributed by atoms with Crippen molar-refractivity contribution in [1.82, 2.24) is 15.0 Å². The SMILES string of the molecule is COc1cc(OC)cc(-n2cc(COC(=O)C#Cc3ccccc3)nn2)c1. The lowest BCUT2D eigenvalue weighted by atomic mass is 10.2. The molecule has 0 unspecified atom stereocenters. The van der Waals surface area contributed by atoms with E-state index in [9.17, 15) is 4.79 Å². The van der Waals surface area contributed by atoms with Crippen LogP contribution in [0.25, 0.3) is 5.69 Å². The molecule has 0 amide bonds. The molecule has 0 atom stereocenters. The van der Waals surface area contributed by atoms with Gasteiger partial charge in [-0.2, -0.15) is 0 Å². The largest absolute Gasteiger partial charge is 0.497 e. The van der Waals surface area contributed by atoms with Crippen LogP contribution in [-0.4, -0.2) is 35.2 Å². The molecule has 27 heavy (non-hydrogen) atoms. The standard InChI is InChI=1S/C20H17N3O4/c1-25-18-10-17(11-19(12-18)26-2)23-13-16(21-22-23)14-27-20(24)9-8-15-6-4-3-5-7-15/h3-7,10-13H,14H2,1-2H3. The van der Waals surface area contributed by atoms with Crippen LogP contribution in [0.5, 0.6) is 11.5 Å². The predicted molar refractivity (Wildman–Crippen MR) is 97.6 cm³/mol. The average Bonchev–Trinajstić information content (AvgIpc) is 3.20. The van der Waals surface area contributed by atoms with Crippen molar-refractivity contribution in [3.8, 4) is 29.0 Å². The number of ether oxygens (including phenoxy) is 3. The number of esters is 1. The number of nitrogens with zero attached hydrogens (tertiary/aromatic N) is 3. The fourth-order valence-electron chi connectivity index (χ4n) is 2.24. The fraction of sp³-hybridized carbons (Fsp3) is 0.150. The molecule has 3 rings (SSSR count). The molecule has 0 bridgehead atoms. The van der Waals surface area contributed by atoms with Crippen LogP contribution in [-0.2, 0) is 16.1 Å². The van der Waals surface area contributed by atoms with Gasteiger partial charge >= 0.3 is 5.97 Å². The van der Waals surface area contributed by atoms with Crippen LogP contribution in [0.3, 0.4) is 0 Å². The molecule has 0 saturated heterocycles. The molecule has 0 fully saturated rings. The van der Waals surface area contributed by atoms with Gasteiger partial charge in [0, 0.05) is 29.7 Å². The first kappa shape index (κ1) is 18.0. The van der Waals surface area contributed by atoms with Crippen LogP contribution in [0.4, 0.5) is 0 Å². The van der Waals surface area contributed by atoms with E-state index in [4.69, 9.17) is 14.2 Å². The van der Waals surface area contributed by atoms with Crippen molar-refractivity contribution in [2.24, 2.45) is 0 Å². The molecule has 0 aliphatic heterocycles. The maximum absolute atomic E-state index is 11.7. The normalized spacial score (nSPS) is 9.85. The minimum Gasteiger partial charge on any atom is -0.497 e. The first-order valence-electron chi connectivity index (χ1n) is 8.06. The molecule has 0 radical (unpaired) electrons. The first-order chi connectivity index (χ1) is 13.2. The molecule has 7 heteroatoms. The van der Waals surface area contributed by atoms with E-state index in [2.05, 4.69) is 22.2 Å². The summed E-state index contributed by atoms with van der Waals surface area (Å²) in [5, 5.41) is 8.04. The molecule has 3 aromatic rings. The minimum absolute atomic E-state index is 0.0244. The Morgan fingerprint density at radius 3 is 2.44 bits per heavy atom. The fourth-order valence-corrected chi connectivity index (χ4v) is 2.24. The van der Waals surface area contributed by atoms with Crippen LogP contribution >= 0.6 is 0 Å². The van der Waals surface area contributed by atoms with E-state index in [0.29, 0.717) is 22.9 Å². The Hall–Kier alpha value is -3.79. The van der Waals surface area contributed by atoms with E-state index < -0.39 is 5.97 Å². The molecular weight excluding hydrogens is 346 g/mol. The number of benzene rings is 2. The highest BCUT2D eigenvalue weighted by Gasteiger charge is 2.08. The third-order valence-electron chi connectivity index (χ3n) is 3.58. The van der Waals surface area contributed by atoms with Gasteiger partial charge in [-0.3, -0.25) is 0 Å². The number of carbonyl (C=O) groups excluding carboxylic acids is 1. The number of aromatic nitrogens is 3. The third-order valence-corrected chi connectivity index (χ3v) is 3.58. The van der Waals surface area contributed by atoms with E-state index in [0.717, 1.165) is 5.56 Å². The van der Waals surface area contributed by atoms with Crippen LogP contribution in [0.1, 0.15) is 11.3 Å². The minimum atomic E-state index is -0.628. The second-order valence-corrected chi connectivity index (χ2v) is 5.42. The lowest BCUT2D eigenvalue weighted by molar-refractivity contribution is -0.138. The second-order valence-electron chi connectivity index (χ2n) is 5.42. The highest BCUT2D eigenvalue weighted by atomic mass is 16.5.